The minimum absolute atomic E-state index is 0.414. The molecule has 1 aliphatic rings. The van der Waals surface area contributed by atoms with E-state index in [9.17, 15) is 0 Å². The quantitative estimate of drug-likeness (QED) is 0.850. The smallest absolute Gasteiger partial charge is 0.164 e. The summed E-state index contributed by atoms with van der Waals surface area (Å²) in [7, 11) is 3.43. The molecule has 0 spiro atoms. The zero-order valence-electron chi connectivity index (χ0n) is 12.6. The van der Waals surface area contributed by atoms with Gasteiger partial charge in [0.25, 0.3) is 0 Å². The molecule has 0 fully saturated rings. The van der Waals surface area contributed by atoms with Gasteiger partial charge in [0, 0.05) is 18.0 Å². The molecule has 2 aromatic rings. The average molecular weight is 271 g/mol. The van der Waals surface area contributed by atoms with Crippen molar-refractivity contribution >= 4 is 0 Å². The molecule has 3 nitrogen and oxygen atoms in total. The van der Waals surface area contributed by atoms with Gasteiger partial charge in [-0.25, -0.2) is 0 Å². The molecule has 1 unspecified atom stereocenters. The van der Waals surface area contributed by atoms with Gasteiger partial charge in [0.05, 0.1) is 20.3 Å². The summed E-state index contributed by atoms with van der Waals surface area (Å²) in [4.78, 5) is 0. The van der Waals surface area contributed by atoms with E-state index in [0.29, 0.717) is 6.04 Å². The summed E-state index contributed by atoms with van der Waals surface area (Å²) in [5.41, 5.74) is 5.11. The van der Waals surface area contributed by atoms with E-state index in [1.165, 1.54) is 16.7 Å². The highest BCUT2D eigenvalue weighted by atomic mass is 16.5. The normalized spacial score (nSPS) is 17.1. The zero-order chi connectivity index (χ0) is 14.3. The number of fused-ring (bicyclic) bond motifs is 1. The molecule has 1 aliphatic carbocycles. The van der Waals surface area contributed by atoms with Crippen molar-refractivity contribution in [2.45, 2.75) is 32.7 Å². The molecule has 1 heterocycles. The van der Waals surface area contributed by atoms with Crippen molar-refractivity contribution < 1.29 is 9.47 Å². The van der Waals surface area contributed by atoms with Crippen LogP contribution in [0.3, 0.4) is 0 Å². The van der Waals surface area contributed by atoms with Gasteiger partial charge in [-0.05, 0) is 55.5 Å². The van der Waals surface area contributed by atoms with Crippen LogP contribution in [0.2, 0.25) is 0 Å². The van der Waals surface area contributed by atoms with E-state index in [1.54, 1.807) is 14.2 Å². The van der Waals surface area contributed by atoms with Gasteiger partial charge in [-0.3, -0.25) is 0 Å². The highest BCUT2D eigenvalue weighted by molar-refractivity contribution is 5.58. The lowest BCUT2D eigenvalue weighted by molar-refractivity contribution is 0.350. The maximum absolute atomic E-state index is 5.62. The number of rotatable bonds is 3. The molecule has 0 aliphatic heterocycles. The molecule has 1 aromatic carbocycles. The monoisotopic (exact) mass is 271 g/mol. The molecule has 106 valence electrons. The number of methoxy groups -OCH3 is 2. The van der Waals surface area contributed by atoms with E-state index in [2.05, 4.69) is 42.9 Å². The van der Waals surface area contributed by atoms with Gasteiger partial charge in [-0.1, -0.05) is 0 Å². The first-order valence-electron chi connectivity index (χ1n) is 7.04. The summed E-state index contributed by atoms with van der Waals surface area (Å²) in [6, 6.07) is 4.83. The summed E-state index contributed by atoms with van der Waals surface area (Å²) in [6.45, 7) is 4.21. The Morgan fingerprint density at radius 2 is 1.90 bits per heavy atom. The van der Waals surface area contributed by atoms with Gasteiger partial charge in [0.2, 0.25) is 0 Å². The van der Waals surface area contributed by atoms with Crippen LogP contribution in [0.15, 0.2) is 24.5 Å². The van der Waals surface area contributed by atoms with Crippen molar-refractivity contribution in [3.8, 4) is 11.5 Å². The minimum Gasteiger partial charge on any atom is -0.493 e. The van der Waals surface area contributed by atoms with Gasteiger partial charge in [-0.15, -0.1) is 0 Å². The summed E-state index contributed by atoms with van der Waals surface area (Å²) < 4.78 is 13.4. The Bertz CT molecular complexity index is 643. The molecule has 0 saturated carbocycles. The van der Waals surface area contributed by atoms with Gasteiger partial charge in [0.15, 0.2) is 11.5 Å². The van der Waals surface area contributed by atoms with Gasteiger partial charge >= 0.3 is 0 Å². The fourth-order valence-electron chi connectivity index (χ4n) is 3.32. The zero-order valence-corrected chi connectivity index (χ0v) is 12.6. The molecule has 0 radical (unpaired) electrons. The van der Waals surface area contributed by atoms with Crippen molar-refractivity contribution in [2.24, 2.45) is 0 Å². The Balaban J connectivity index is 2.12. The molecule has 1 aromatic heterocycles. The third-order valence-corrected chi connectivity index (χ3v) is 4.22. The number of benzene rings is 1. The maximum atomic E-state index is 5.62. The van der Waals surface area contributed by atoms with Crippen LogP contribution in [0.5, 0.6) is 11.5 Å². The topological polar surface area (TPSA) is 23.4 Å². The Kier molecular flexibility index (Phi) is 3.20. The van der Waals surface area contributed by atoms with Crippen molar-refractivity contribution in [1.29, 1.82) is 0 Å². The summed E-state index contributed by atoms with van der Waals surface area (Å²) in [6.07, 6.45) is 6.54. The van der Waals surface area contributed by atoms with Gasteiger partial charge in [-0.2, -0.15) is 0 Å². The standard InChI is InChI=1S/C17H21NO2/c1-11-7-8-18(10-11)15-6-5-13-14(15)9-12(2)16(19-3)17(13)20-4/h7-10,15H,5-6H2,1-4H3. The number of aryl methyl sites for hydroxylation is 2. The summed E-state index contributed by atoms with van der Waals surface area (Å²) >= 11 is 0. The minimum atomic E-state index is 0.414. The van der Waals surface area contributed by atoms with Crippen molar-refractivity contribution in [3.63, 3.8) is 0 Å². The van der Waals surface area contributed by atoms with Gasteiger partial charge < -0.3 is 14.0 Å². The summed E-state index contributed by atoms with van der Waals surface area (Å²) in [5, 5.41) is 0. The van der Waals surface area contributed by atoms with Crippen molar-refractivity contribution in [3.05, 3.63) is 46.8 Å². The van der Waals surface area contributed by atoms with Crippen LogP contribution >= 0.6 is 0 Å². The molecule has 3 rings (SSSR count). The Morgan fingerprint density at radius 1 is 1.15 bits per heavy atom. The molecular formula is C17H21NO2. The van der Waals surface area contributed by atoms with Crippen LogP contribution in [0.25, 0.3) is 0 Å². The molecule has 20 heavy (non-hydrogen) atoms. The predicted octanol–water partition coefficient (Wildman–Crippen LogP) is 3.66. The highest BCUT2D eigenvalue weighted by Gasteiger charge is 2.29. The van der Waals surface area contributed by atoms with Crippen molar-refractivity contribution in [1.82, 2.24) is 4.57 Å². The average Bonchev–Trinajstić information content (AvgIpc) is 3.03. The highest BCUT2D eigenvalue weighted by Crippen LogP contribution is 2.45. The van der Waals surface area contributed by atoms with Crippen LogP contribution in [0.4, 0.5) is 0 Å². The Labute approximate surface area is 120 Å². The fourth-order valence-corrected chi connectivity index (χ4v) is 3.32. The van der Waals surface area contributed by atoms with E-state index in [1.807, 2.05) is 0 Å². The molecule has 0 saturated heterocycles. The third-order valence-electron chi connectivity index (χ3n) is 4.22. The lowest BCUT2D eigenvalue weighted by Crippen LogP contribution is -2.06. The number of hydrogen-bond acceptors (Lipinski definition) is 2. The second-order valence-electron chi connectivity index (χ2n) is 5.52. The largest absolute Gasteiger partial charge is 0.493 e. The first-order valence-corrected chi connectivity index (χ1v) is 7.04. The molecule has 3 heteroatoms. The molecule has 1 atom stereocenters. The van der Waals surface area contributed by atoms with E-state index >= 15 is 0 Å². The number of nitrogens with zero attached hydrogens (tertiary/aromatic N) is 1. The lowest BCUT2D eigenvalue weighted by atomic mass is 10.0. The van der Waals surface area contributed by atoms with Crippen LogP contribution in [-0.4, -0.2) is 18.8 Å². The van der Waals surface area contributed by atoms with Crippen molar-refractivity contribution in [2.75, 3.05) is 14.2 Å². The molecule has 0 N–H and O–H groups in total. The third kappa shape index (κ3) is 1.89. The lowest BCUT2D eigenvalue weighted by Gasteiger charge is -2.18. The van der Waals surface area contributed by atoms with E-state index in [-0.39, 0.29) is 0 Å². The molecule has 0 amide bonds. The summed E-state index contributed by atoms with van der Waals surface area (Å²) in [5.74, 6) is 1.78. The number of hydrogen-bond donors (Lipinski definition) is 0. The van der Waals surface area contributed by atoms with E-state index < -0.39 is 0 Å². The van der Waals surface area contributed by atoms with Crippen LogP contribution in [-0.2, 0) is 6.42 Å². The number of ether oxygens (including phenoxy) is 2. The van der Waals surface area contributed by atoms with Crippen LogP contribution in [0, 0.1) is 13.8 Å². The van der Waals surface area contributed by atoms with Gasteiger partial charge in [0.1, 0.15) is 0 Å². The fraction of sp³-hybridized carbons (Fsp3) is 0.412. The SMILES string of the molecule is COc1c(C)cc2c(c1OC)CCC2n1ccc(C)c1. The Morgan fingerprint density at radius 3 is 2.50 bits per heavy atom. The first kappa shape index (κ1) is 13.1. The van der Waals surface area contributed by atoms with Crippen LogP contribution < -0.4 is 9.47 Å². The Hall–Kier alpha value is -1.90. The van der Waals surface area contributed by atoms with E-state index in [0.717, 1.165) is 29.9 Å². The second kappa shape index (κ2) is 4.89. The first-order chi connectivity index (χ1) is 9.65. The van der Waals surface area contributed by atoms with E-state index in [4.69, 9.17) is 9.47 Å². The molecule has 0 bridgehead atoms. The van der Waals surface area contributed by atoms with Crippen LogP contribution in [0.1, 0.15) is 34.7 Å². The predicted molar refractivity (Wildman–Crippen MR) is 79.9 cm³/mol. The maximum Gasteiger partial charge on any atom is 0.164 e. The molecular weight excluding hydrogens is 250 g/mol. The number of aromatic nitrogens is 1. The second-order valence-corrected chi connectivity index (χ2v) is 5.52.